The molecule has 0 bridgehead atoms. The summed E-state index contributed by atoms with van der Waals surface area (Å²) < 4.78 is 44.4. The van der Waals surface area contributed by atoms with Gasteiger partial charge in [-0.3, -0.25) is 4.79 Å². The Hall–Kier alpha value is -4.73. The lowest BCUT2D eigenvalue weighted by Gasteiger charge is -2.16. The molecule has 0 spiro atoms. The number of esters is 1. The molecule has 0 saturated carbocycles. The van der Waals surface area contributed by atoms with E-state index in [2.05, 4.69) is 5.16 Å². The van der Waals surface area contributed by atoms with Crippen molar-refractivity contribution < 1.29 is 37.1 Å². The van der Waals surface area contributed by atoms with Crippen molar-refractivity contribution in [2.24, 2.45) is 5.16 Å². The summed E-state index contributed by atoms with van der Waals surface area (Å²) in [6, 6.07) is 15.2. The molecular weight excluding hydrogens is 546 g/mol. The molecule has 0 unspecified atom stereocenters. The van der Waals surface area contributed by atoms with Crippen LogP contribution in [0.2, 0.25) is 0 Å². The van der Waals surface area contributed by atoms with E-state index in [0.29, 0.717) is 52.4 Å². The number of anilines is 1. The van der Waals surface area contributed by atoms with Gasteiger partial charge >= 0.3 is 5.97 Å². The molecule has 0 fully saturated rings. The van der Waals surface area contributed by atoms with Gasteiger partial charge in [0.1, 0.15) is 41.4 Å². The Morgan fingerprint density at radius 3 is 2.48 bits per heavy atom. The van der Waals surface area contributed by atoms with Crippen molar-refractivity contribution in [1.29, 1.82) is 0 Å². The summed E-state index contributed by atoms with van der Waals surface area (Å²) in [4.78, 5) is 32.0. The lowest BCUT2D eigenvalue weighted by Crippen LogP contribution is -2.31. The Labute approximate surface area is 241 Å². The van der Waals surface area contributed by atoms with Crippen LogP contribution in [0.25, 0.3) is 22.3 Å². The number of carbonyl (C=O) groups excluding carboxylic acids is 2. The molecule has 1 aliphatic heterocycles. The minimum atomic E-state index is -0.530. The maximum atomic E-state index is 13.8. The van der Waals surface area contributed by atoms with Gasteiger partial charge < -0.3 is 23.6 Å². The van der Waals surface area contributed by atoms with Crippen molar-refractivity contribution in [3.8, 4) is 17.1 Å². The average molecular weight is 577 g/mol. The predicted octanol–water partition coefficient (Wildman–Crippen LogP) is 6.89. The summed E-state index contributed by atoms with van der Waals surface area (Å²) in [6.07, 6.45) is 3.25. The standard InChI is InChI=1S/C32H30F2N2O6/c1-3-40-32(38)28-25-19-23(13-15-27(25)42-30(28)20-8-10-21(33)11-9-20)41-17-7-5-4-6-16-36-26-14-12-22(34)18-24(26)29(31(36)37)35-39-2/h8-15,18-19H,3-7,16-17H2,1-2H3/b35-29+. The highest BCUT2D eigenvalue weighted by Gasteiger charge is 2.34. The van der Waals surface area contributed by atoms with E-state index in [4.69, 9.17) is 18.7 Å². The maximum absolute atomic E-state index is 13.8. The van der Waals surface area contributed by atoms with Gasteiger partial charge in [0.2, 0.25) is 0 Å². The highest BCUT2D eigenvalue weighted by molar-refractivity contribution is 6.54. The van der Waals surface area contributed by atoms with Gasteiger partial charge in [0.15, 0.2) is 5.71 Å². The third-order valence-corrected chi connectivity index (χ3v) is 6.93. The summed E-state index contributed by atoms with van der Waals surface area (Å²) in [5.41, 5.74) is 2.48. The summed E-state index contributed by atoms with van der Waals surface area (Å²) in [5.74, 6) is -0.774. The summed E-state index contributed by atoms with van der Waals surface area (Å²) in [6.45, 7) is 2.86. The predicted molar refractivity (Wildman–Crippen MR) is 154 cm³/mol. The summed E-state index contributed by atoms with van der Waals surface area (Å²) >= 11 is 0. The Morgan fingerprint density at radius 1 is 0.952 bits per heavy atom. The number of unbranched alkanes of at least 4 members (excludes halogenated alkanes) is 3. The first-order valence-electron chi connectivity index (χ1n) is 13.8. The van der Waals surface area contributed by atoms with Crippen LogP contribution in [0.1, 0.15) is 48.5 Å². The third-order valence-electron chi connectivity index (χ3n) is 6.93. The fourth-order valence-corrected chi connectivity index (χ4v) is 4.98. The fourth-order valence-electron chi connectivity index (χ4n) is 4.98. The molecule has 0 radical (unpaired) electrons. The molecule has 0 atom stereocenters. The van der Waals surface area contributed by atoms with E-state index in [9.17, 15) is 18.4 Å². The summed E-state index contributed by atoms with van der Waals surface area (Å²) in [5, 5.41) is 4.35. The van der Waals surface area contributed by atoms with Gasteiger partial charge in [-0.05, 0) is 80.4 Å². The quantitative estimate of drug-likeness (QED) is 0.104. The molecule has 8 nitrogen and oxygen atoms in total. The first-order chi connectivity index (χ1) is 20.4. The minimum absolute atomic E-state index is 0.103. The van der Waals surface area contributed by atoms with E-state index in [1.165, 1.54) is 31.4 Å². The minimum Gasteiger partial charge on any atom is -0.494 e. The summed E-state index contributed by atoms with van der Waals surface area (Å²) in [7, 11) is 1.35. The largest absolute Gasteiger partial charge is 0.494 e. The van der Waals surface area contributed by atoms with E-state index >= 15 is 0 Å². The number of furan rings is 1. The molecule has 0 N–H and O–H groups in total. The first kappa shape index (κ1) is 28.8. The molecule has 0 saturated heterocycles. The lowest BCUT2D eigenvalue weighted by atomic mass is 10.1. The van der Waals surface area contributed by atoms with Crippen LogP contribution in [0, 0.1) is 11.6 Å². The van der Waals surface area contributed by atoms with Crippen LogP contribution in [0.5, 0.6) is 5.75 Å². The van der Waals surface area contributed by atoms with Crippen LogP contribution < -0.4 is 9.64 Å². The molecule has 1 amide bonds. The van der Waals surface area contributed by atoms with E-state index in [1.54, 1.807) is 48.2 Å². The van der Waals surface area contributed by atoms with Crippen molar-refractivity contribution in [3.05, 3.63) is 83.4 Å². The fraction of sp³-hybridized carbons (Fsp3) is 0.281. The van der Waals surface area contributed by atoms with Crippen LogP contribution in [-0.2, 0) is 14.4 Å². The zero-order valence-electron chi connectivity index (χ0n) is 23.3. The van der Waals surface area contributed by atoms with Gasteiger partial charge in [0.05, 0.1) is 18.9 Å². The second-order valence-electron chi connectivity index (χ2n) is 9.69. The number of carbonyl (C=O) groups is 2. The molecule has 0 aliphatic carbocycles. The number of oxime groups is 1. The maximum Gasteiger partial charge on any atom is 0.342 e. The van der Waals surface area contributed by atoms with Gasteiger partial charge in [-0.1, -0.05) is 18.0 Å². The number of rotatable bonds is 12. The molecule has 5 rings (SSSR count). The SMILES string of the molecule is CCOC(=O)c1c(-c2ccc(F)cc2)oc2ccc(OCCCCCCN3C(=O)/C(=N/OC)c4cc(F)ccc43)cc12. The zero-order valence-corrected chi connectivity index (χ0v) is 23.3. The number of hydrogen-bond acceptors (Lipinski definition) is 7. The van der Waals surface area contributed by atoms with Crippen LogP contribution in [0.3, 0.4) is 0 Å². The van der Waals surface area contributed by atoms with E-state index < -0.39 is 11.8 Å². The molecule has 42 heavy (non-hydrogen) atoms. The van der Waals surface area contributed by atoms with E-state index in [1.807, 2.05) is 0 Å². The smallest absolute Gasteiger partial charge is 0.342 e. The van der Waals surface area contributed by atoms with Gasteiger partial charge in [-0.15, -0.1) is 0 Å². The number of benzene rings is 3. The number of nitrogens with zero attached hydrogens (tertiary/aromatic N) is 2. The zero-order chi connectivity index (χ0) is 29.6. The third kappa shape index (κ3) is 5.97. The second kappa shape index (κ2) is 12.8. The first-order valence-corrected chi connectivity index (χ1v) is 13.8. The number of amides is 1. The van der Waals surface area contributed by atoms with E-state index in [0.717, 1.165) is 25.7 Å². The van der Waals surface area contributed by atoms with Crippen molar-refractivity contribution >= 4 is 34.2 Å². The Morgan fingerprint density at radius 2 is 1.71 bits per heavy atom. The molecule has 10 heteroatoms. The van der Waals surface area contributed by atoms with Crippen LogP contribution in [0.4, 0.5) is 14.5 Å². The monoisotopic (exact) mass is 576 g/mol. The normalized spacial score (nSPS) is 13.6. The molecule has 1 aliphatic rings. The molecule has 218 valence electrons. The molecule has 1 aromatic heterocycles. The highest BCUT2D eigenvalue weighted by Crippen LogP contribution is 2.36. The topological polar surface area (TPSA) is 90.6 Å². The number of ether oxygens (including phenoxy) is 2. The number of fused-ring (bicyclic) bond motifs is 2. The lowest BCUT2D eigenvalue weighted by molar-refractivity contribution is -0.112. The van der Waals surface area contributed by atoms with E-state index in [-0.39, 0.29) is 29.6 Å². The van der Waals surface area contributed by atoms with Gasteiger partial charge in [-0.25, -0.2) is 13.6 Å². The second-order valence-corrected chi connectivity index (χ2v) is 9.69. The number of hydrogen-bond donors (Lipinski definition) is 0. The van der Waals surface area contributed by atoms with Crippen LogP contribution >= 0.6 is 0 Å². The van der Waals surface area contributed by atoms with Crippen molar-refractivity contribution in [2.45, 2.75) is 32.6 Å². The van der Waals surface area contributed by atoms with Crippen molar-refractivity contribution in [3.63, 3.8) is 0 Å². The number of halogens is 2. The van der Waals surface area contributed by atoms with Crippen LogP contribution in [-0.4, -0.2) is 44.5 Å². The van der Waals surface area contributed by atoms with Gasteiger partial charge in [0.25, 0.3) is 5.91 Å². The van der Waals surface area contributed by atoms with Gasteiger partial charge in [0, 0.05) is 23.1 Å². The Kier molecular flexibility index (Phi) is 8.80. The highest BCUT2D eigenvalue weighted by atomic mass is 19.1. The molecule has 2 heterocycles. The Balaban J connectivity index is 1.17. The van der Waals surface area contributed by atoms with Crippen molar-refractivity contribution in [2.75, 3.05) is 31.8 Å². The van der Waals surface area contributed by atoms with Crippen LogP contribution in [0.15, 0.2) is 70.2 Å². The molecular formula is C32H30F2N2O6. The average Bonchev–Trinajstić information content (AvgIpc) is 3.48. The molecule has 3 aromatic carbocycles. The molecule has 4 aromatic rings. The van der Waals surface area contributed by atoms with Crippen molar-refractivity contribution in [1.82, 2.24) is 0 Å². The Bertz CT molecular complexity index is 1630. The van der Waals surface area contributed by atoms with Gasteiger partial charge in [-0.2, -0.15) is 0 Å².